The van der Waals surface area contributed by atoms with Crippen LogP contribution >= 0.6 is 15.9 Å². The predicted molar refractivity (Wildman–Crippen MR) is 152 cm³/mol. The number of quaternary nitrogens is 1. The van der Waals surface area contributed by atoms with Gasteiger partial charge in [-0.3, -0.25) is 0 Å². The van der Waals surface area contributed by atoms with Crippen molar-refractivity contribution in [3.8, 4) is 0 Å². The molecular weight excluding hydrogens is 454 g/mol. The summed E-state index contributed by atoms with van der Waals surface area (Å²) in [5, 5.41) is 0. The molecule has 0 aromatic heterocycles. The van der Waals surface area contributed by atoms with Crippen molar-refractivity contribution in [2.75, 3.05) is 27.2 Å². The molecule has 0 aromatic carbocycles. The van der Waals surface area contributed by atoms with Gasteiger partial charge in [0.15, 0.2) is 0 Å². The molecule has 0 aliphatic rings. The Kier molecular flexibility index (Phi) is 24.9. The van der Waals surface area contributed by atoms with Crippen molar-refractivity contribution in [1.82, 2.24) is 0 Å². The molecule has 0 aliphatic heterocycles. The lowest BCUT2D eigenvalue weighted by Gasteiger charge is -2.30. The molecule has 1 nitrogen and oxygen atoms in total. The highest BCUT2D eigenvalue weighted by molar-refractivity contribution is 9.09. The fourth-order valence-electron chi connectivity index (χ4n) is 4.85. The molecule has 0 fully saturated rings. The molecular formula is C30H63BrN+. The third kappa shape index (κ3) is 25.1. The maximum atomic E-state index is 3.84. The van der Waals surface area contributed by atoms with E-state index in [2.05, 4.69) is 43.9 Å². The number of halogens is 1. The summed E-state index contributed by atoms with van der Waals surface area (Å²) < 4.78 is 1.20. The highest BCUT2D eigenvalue weighted by Gasteiger charge is 2.16. The Morgan fingerprint density at radius 1 is 0.438 bits per heavy atom. The maximum Gasteiger partial charge on any atom is 0.0793 e. The van der Waals surface area contributed by atoms with Crippen LogP contribution in [0.15, 0.2) is 0 Å². The highest BCUT2D eigenvalue weighted by atomic mass is 79.9. The normalized spacial score (nSPS) is 13.0. The third-order valence-electron chi connectivity index (χ3n) is 7.27. The molecule has 0 aliphatic carbocycles. The van der Waals surface area contributed by atoms with Gasteiger partial charge in [0.05, 0.1) is 27.2 Å². The Morgan fingerprint density at radius 2 is 0.781 bits per heavy atom. The van der Waals surface area contributed by atoms with Crippen LogP contribution in [0, 0.1) is 0 Å². The van der Waals surface area contributed by atoms with Crippen molar-refractivity contribution < 1.29 is 4.48 Å². The molecule has 0 amide bonds. The Bertz CT molecular complexity index is 355. The lowest BCUT2D eigenvalue weighted by Crippen LogP contribution is -2.42. The molecule has 2 heteroatoms. The van der Waals surface area contributed by atoms with E-state index in [0.717, 1.165) is 4.83 Å². The van der Waals surface area contributed by atoms with E-state index < -0.39 is 0 Å². The van der Waals surface area contributed by atoms with Crippen LogP contribution in [0.2, 0.25) is 0 Å². The lowest BCUT2D eigenvalue weighted by molar-refractivity contribution is -0.890. The fraction of sp³-hybridized carbons (Fsp3) is 1.00. The van der Waals surface area contributed by atoms with Gasteiger partial charge < -0.3 is 4.48 Å². The topological polar surface area (TPSA) is 0 Å². The third-order valence-corrected chi connectivity index (χ3v) is 8.18. The Labute approximate surface area is 213 Å². The molecule has 0 N–H and O–H groups in total. The molecule has 1 unspecified atom stereocenters. The average molecular weight is 518 g/mol. The van der Waals surface area contributed by atoms with Crippen molar-refractivity contribution in [2.24, 2.45) is 0 Å². The van der Waals surface area contributed by atoms with Crippen LogP contribution in [0.25, 0.3) is 0 Å². The molecule has 194 valence electrons. The van der Waals surface area contributed by atoms with Gasteiger partial charge in [0.1, 0.15) is 0 Å². The van der Waals surface area contributed by atoms with E-state index in [0.29, 0.717) is 0 Å². The van der Waals surface area contributed by atoms with Gasteiger partial charge in [-0.1, -0.05) is 152 Å². The van der Waals surface area contributed by atoms with E-state index in [1.807, 2.05) is 0 Å². The van der Waals surface area contributed by atoms with Crippen molar-refractivity contribution >= 4 is 15.9 Å². The number of hydrogen-bond acceptors (Lipinski definition) is 0. The van der Waals surface area contributed by atoms with Crippen LogP contribution in [0.3, 0.4) is 0 Å². The van der Waals surface area contributed by atoms with E-state index in [9.17, 15) is 0 Å². The Morgan fingerprint density at radius 3 is 1.12 bits per heavy atom. The molecule has 0 heterocycles. The van der Waals surface area contributed by atoms with Gasteiger partial charge in [-0.2, -0.15) is 0 Å². The van der Waals surface area contributed by atoms with E-state index in [1.54, 1.807) is 0 Å². The second-order valence-electron chi connectivity index (χ2n) is 11.3. The average Bonchev–Trinajstić information content (AvgIpc) is 2.76. The van der Waals surface area contributed by atoms with Crippen LogP contribution < -0.4 is 0 Å². The number of hydrogen-bond donors (Lipinski definition) is 0. The first-order valence-corrected chi connectivity index (χ1v) is 15.9. The summed E-state index contributed by atoms with van der Waals surface area (Å²) in [6.07, 6.45) is 33.2. The number of alkyl halides is 1. The standard InChI is InChI=1S/C30H63BrN/c1-5-7-8-9-10-11-12-13-14-15-16-17-18-19-20-21-22-23-24-25-28-32(3,4)29-27-30(31)26-6-2/h30H,5-29H2,1-4H3/q+1. The van der Waals surface area contributed by atoms with Crippen LogP contribution in [-0.2, 0) is 0 Å². The Hall–Kier alpha value is 0.440. The van der Waals surface area contributed by atoms with Gasteiger partial charge in [0.2, 0.25) is 0 Å². The summed E-state index contributed by atoms with van der Waals surface area (Å²) >= 11 is 3.84. The molecule has 0 saturated heterocycles. The first kappa shape index (κ1) is 32.4. The first-order valence-electron chi connectivity index (χ1n) is 15.0. The zero-order chi connectivity index (χ0) is 23.8. The van der Waals surface area contributed by atoms with Gasteiger partial charge in [-0.05, 0) is 19.3 Å². The van der Waals surface area contributed by atoms with Crippen molar-refractivity contribution in [3.05, 3.63) is 0 Å². The molecule has 0 saturated carbocycles. The summed E-state index contributed by atoms with van der Waals surface area (Å²) in [4.78, 5) is 0.722. The molecule has 1 atom stereocenters. The van der Waals surface area contributed by atoms with Crippen LogP contribution in [-0.4, -0.2) is 36.5 Å². The summed E-state index contributed by atoms with van der Waals surface area (Å²) in [5.74, 6) is 0. The van der Waals surface area contributed by atoms with Crippen LogP contribution in [0.4, 0.5) is 0 Å². The molecule has 0 radical (unpaired) electrons. The van der Waals surface area contributed by atoms with E-state index in [-0.39, 0.29) is 0 Å². The smallest absolute Gasteiger partial charge is 0.0793 e. The summed E-state index contributed by atoms with van der Waals surface area (Å²) in [5.41, 5.74) is 0. The minimum atomic E-state index is 0.722. The molecule has 0 spiro atoms. The maximum absolute atomic E-state index is 3.84. The second kappa shape index (κ2) is 24.6. The number of unbranched alkanes of at least 4 members (excludes halogenated alkanes) is 19. The van der Waals surface area contributed by atoms with Gasteiger partial charge >= 0.3 is 0 Å². The number of nitrogens with zero attached hydrogens (tertiary/aromatic N) is 1. The number of rotatable bonds is 26. The predicted octanol–water partition coefficient (Wildman–Crippen LogP) is 10.8. The molecule has 0 bridgehead atoms. The van der Waals surface area contributed by atoms with Gasteiger partial charge in [0, 0.05) is 11.2 Å². The first-order chi connectivity index (χ1) is 15.5. The minimum Gasteiger partial charge on any atom is -0.328 e. The largest absolute Gasteiger partial charge is 0.328 e. The summed E-state index contributed by atoms with van der Waals surface area (Å²) in [7, 11) is 4.84. The minimum absolute atomic E-state index is 0.722. The Balaban J connectivity index is 3.23. The van der Waals surface area contributed by atoms with E-state index >= 15 is 0 Å². The van der Waals surface area contributed by atoms with Crippen LogP contribution in [0.1, 0.15) is 162 Å². The summed E-state index contributed by atoms with van der Waals surface area (Å²) in [6.45, 7) is 7.26. The fourth-order valence-corrected chi connectivity index (χ4v) is 5.52. The van der Waals surface area contributed by atoms with Crippen molar-refractivity contribution in [2.45, 2.75) is 166 Å². The zero-order valence-electron chi connectivity index (χ0n) is 23.1. The lowest BCUT2D eigenvalue weighted by atomic mass is 10.0. The quantitative estimate of drug-likeness (QED) is 0.0608. The molecule has 0 rings (SSSR count). The van der Waals surface area contributed by atoms with Gasteiger partial charge in [-0.15, -0.1) is 0 Å². The molecule has 0 aromatic rings. The second-order valence-corrected chi connectivity index (χ2v) is 12.6. The van der Waals surface area contributed by atoms with E-state index in [1.165, 1.54) is 165 Å². The molecule has 32 heavy (non-hydrogen) atoms. The zero-order valence-corrected chi connectivity index (χ0v) is 24.7. The highest BCUT2D eigenvalue weighted by Crippen LogP contribution is 2.17. The van der Waals surface area contributed by atoms with Gasteiger partial charge in [0.25, 0.3) is 0 Å². The van der Waals surface area contributed by atoms with E-state index in [4.69, 9.17) is 0 Å². The van der Waals surface area contributed by atoms with Crippen LogP contribution in [0.5, 0.6) is 0 Å². The van der Waals surface area contributed by atoms with Crippen molar-refractivity contribution in [3.63, 3.8) is 0 Å². The monoisotopic (exact) mass is 516 g/mol. The van der Waals surface area contributed by atoms with Crippen molar-refractivity contribution in [1.29, 1.82) is 0 Å². The van der Waals surface area contributed by atoms with Gasteiger partial charge in [-0.25, -0.2) is 0 Å². The SMILES string of the molecule is CCCCCCCCCCCCCCCCCCCCCC[N+](C)(C)CCC(Br)CCC. The summed E-state index contributed by atoms with van der Waals surface area (Å²) in [6, 6.07) is 0.